The van der Waals surface area contributed by atoms with E-state index in [0.29, 0.717) is 5.69 Å². The maximum absolute atomic E-state index is 12.9. The zero-order valence-corrected chi connectivity index (χ0v) is 17.7. The molecule has 0 unspecified atom stereocenters. The minimum Gasteiger partial charge on any atom is -0.367 e. The predicted molar refractivity (Wildman–Crippen MR) is 121 cm³/mol. The SMILES string of the molecule is CCN1CCN(c2ccccc2NC(=O)c2csc(-c3ccc(C)cc3)n2)CC1. The molecule has 150 valence electrons. The lowest BCUT2D eigenvalue weighted by molar-refractivity contribution is 0.102. The zero-order valence-electron chi connectivity index (χ0n) is 16.9. The fourth-order valence-electron chi connectivity index (χ4n) is 3.55. The number of hydrogen-bond donors (Lipinski definition) is 1. The van der Waals surface area contributed by atoms with Crippen molar-refractivity contribution in [1.29, 1.82) is 0 Å². The number of nitrogens with zero attached hydrogens (tertiary/aromatic N) is 3. The van der Waals surface area contributed by atoms with Crippen LogP contribution in [0.25, 0.3) is 10.6 Å². The number of aryl methyl sites for hydroxylation is 1. The van der Waals surface area contributed by atoms with Gasteiger partial charge in [0.05, 0.1) is 11.4 Å². The van der Waals surface area contributed by atoms with Crippen LogP contribution in [-0.2, 0) is 0 Å². The molecule has 0 radical (unpaired) electrons. The van der Waals surface area contributed by atoms with Crippen molar-refractivity contribution in [2.75, 3.05) is 42.9 Å². The van der Waals surface area contributed by atoms with Crippen molar-refractivity contribution in [2.24, 2.45) is 0 Å². The number of carbonyl (C=O) groups is 1. The zero-order chi connectivity index (χ0) is 20.2. The van der Waals surface area contributed by atoms with Gasteiger partial charge in [0.25, 0.3) is 5.91 Å². The van der Waals surface area contributed by atoms with Crippen molar-refractivity contribution < 1.29 is 4.79 Å². The van der Waals surface area contributed by atoms with Crippen LogP contribution in [0.4, 0.5) is 11.4 Å². The Morgan fingerprint density at radius 2 is 1.79 bits per heavy atom. The summed E-state index contributed by atoms with van der Waals surface area (Å²) in [6.45, 7) is 9.37. The third-order valence-electron chi connectivity index (χ3n) is 5.35. The predicted octanol–water partition coefficient (Wildman–Crippen LogP) is 4.51. The molecule has 0 atom stereocenters. The van der Waals surface area contributed by atoms with Crippen molar-refractivity contribution >= 4 is 28.6 Å². The first kappa shape index (κ1) is 19.6. The van der Waals surface area contributed by atoms with Crippen LogP contribution in [0.2, 0.25) is 0 Å². The average molecular weight is 407 g/mol. The van der Waals surface area contributed by atoms with Crippen molar-refractivity contribution in [1.82, 2.24) is 9.88 Å². The lowest BCUT2D eigenvalue weighted by atomic mass is 10.2. The van der Waals surface area contributed by atoms with E-state index in [2.05, 4.69) is 52.1 Å². The van der Waals surface area contributed by atoms with Crippen molar-refractivity contribution in [3.05, 3.63) is 65.2 Å². The first-order valence-corrected chi connectivity index (χ1v) is 10.9. The van der Waals surface area contributed by atoms with Crippen molar-refractivity contribution in [3.8, 4) is 10.6 Å². The maximum atomic E-state index is 12.9. The van der Waals surface area contributed by atoms with E-state index in [1.165, 1.54) is 16.9 Å². The van der Waals surface area contributed by atoms with Gasteiger partial charge in [-0.15, -0.1) is 11.3 Å². The third-order valence-corrected chi connectivity index (χ3v) is 6.24. The van der Waals surface area contributed by atoms with Gasteiger partial charge < -0.3 is 15.1 Å². The standard InChI is InChI=1S/C23H26N4OS/c1-3-26-12-14-27(15-13-26)21-7-5-4-6-19(21)24-22(28)20-16-29-23(25-20)18-10-8-17(2)9-11-18/h4-11,16H,3,12-15H2,1-2H3,(H,24,28). The highest BCUT2D eigenvalue weighted by Crippen LogP contribution is 2.28. The number of likely N-dealkylation sites (N-methyl/N-ethyl adjacent to an activating group) is 1. The van der Waals surface area contributed by atoms with Gasteiger partial charge in [-0.3, -0.25) is 4.79 Å². The number of hydrogen-bond acceptors (Lipinski definition) is 5. The minimum atomic E-state index is -0.167. The number of anilines is 2. The van der Waals surface area contributed by atoms with E-state index in [4.69, 9.17) is 0 Å². The number of rotatable bonds is 5. The molecule has 2 aromatic carbocycles. The molecule has 29 heavy (non-hydrogen) atoms. The Bertz CT molecular complexity index is 975. The second kappa shape index (κ2) is 8.76. The molecule has 1 aliphatic rings. The summed E-state index contributed by atoms with van der Waals surface area (Å²) < 4.78 is 0. The van der Waals surface area contributed by atoms with Crippen LogP contribution in [0.15, 0.2) is 53.9 Å². The van der Waals surface area contributed by atoms with Gasteiger partial charge in [0, 0.05) is 37.1 Å². The van der Waals surface area contributed by atoms with Gasteiger partial charge in [0.15, 0.2) is 0 Å². The Morgan fingerprint density at radius 3 is 2.52 bits per heavy atom. The lowest BCUT2D eigenvalue weighted by Gasteiger charge is -2.36. The van der Waals surface area contributed by atoms with Gasteiger partial charge in [0.1, 0.15) is 10.7 Å². The fourth-order valence-corrected chi connectivity index (χ4v) is 4.36. The van der Waals surface area contributed by atoms with Crippen LogP contribution >= 0.6 is 11.3 Å². The number of carbonyl (C=O) groups excluding carboxylic acids is 1. The molecule has 0 aliphatic carbocycles. The first-order chi connectivity index (χ1) is 14.1. The average Bonchev–Trinajstić information content (AvgIpc) is 3.25. The molecule has 2 heterocycles. The third kappa shape index (κ3) is 4.49. The Labute approximate surface area is 176 Å². The number of para-hydroxylation sites is 2. The summed E-state index contributed by atoms with van der Waals surface area (Å²) in [6, 6.07) is 16.2. The van der Waals surface area contributed by atoms with Crippen LogP contribution in [0, 0.1) is 6.92 Å². The van der Waals surface area contributed by atoms with E-state index in [9.17, 15) is 4.79 Å². The molecule has 4 rings (SSSR count). The van der Waals surface area contributed by atoms with Gasteiger partial charge in [-0.05, 0) is 25.6 Å². The van der Waals surface area contributed by atoms with Crippen molar-refractivity contribution in [2.45, 2.75) is 13.8 Å². The molecule has 1 saturated heterocycles. The number of aromatic nitrogens is 1. The largest absolute Gasteiger partial charge is 0.367 e. The summed E-state index contributed by atoms with van der Waals surface area (Å²) in [6.07, 6.45) is 0. The molecule has 0 spiro atoms. The number of benzene rings is 2. The van der Waals surface area contributed by atoms with Crippen LogP contribution in [0.3, 0.4) is 0 Å². The molecule has 3 aromatic rings. The van der Waals surface area contributed by atoms with Gasteiger partial charge in [0.2, 0.25) is 0 Å². The Kier molecular flexibility index (Phi) is 5.92. The van der Waals surface area contributed by atoms with Crippen LogP contribution < -0.4 is 10.2 Å². The number of piperazine rings is 1. The maximum Gasteiger partial charge on any atom is 0.275 e. The topological polar surface area (TPSA) is 48.5 Å². The molecule has 0 bridgehead atoms. The number of thiazole rings is 1. The van der Waals surface area contributed by atoms with Crippen LogP contribution in [0.5, 0.6) is 0 Å². The molecule has 1 amide bonds. The van der Waals surface area contributed by atoms with Gasteiger partial charge in [-0.2, -0.15) is 0 Å². The van der Waals surface area contributed by atoms with E-state index in [1.807, 2.05) is 35.7 Å². The summed E-state index contributed by atoms with van der Waals surface area (Å²) in [5, 5.41) is 5.76. The lowest BCUT2D eigenvalue weighted by Crippen LogP contribution is -2.46. The highest BCUT2D eigenvalue weighted by atomic mass is 32.1. The quantitative estimate of drug-likeness (QED) is 0.677. The molecule has 6 heteroatoms. The molecule has 5 nitrogen and oxygen atoms in total. The normalized spacial score (nSPS) is 14.8. The number of nitrogens with one attached hydrogen (secondary N) is 1. The molecule has 1 fully saturated rings. The Balaban J connectivity index is 1.49. The van der Waals surface area contributed by atoms with Crippen molar-refractivity contribution in [3.63, 3.8) is 0 Å². The van der Waals surface area contributed by atoms with Crippen LogP contribution in [0.1, 0.15) is 23.0 Å². The second-order valence-electron chi connectivity index (χ2n) is 7.30. The molecule has 1 N–H and O–H groups in total. The van der Waals surface area contributed by atoms with Gasteiger partial charge in [-0.1, -0.05) is 48.9 Å². The Morgan fingerprint density at radius 1 is 1.07 bits per heavy atom. The summed E-state index contributed by atoms with van der Waals surface area (Å²) in [7, 11) is 0. The smallest absolute Gasteiger partial charge is 0.275 e. The van der Waals surface area contributed by atoms with E-state index < -0.39 is 0 Å². The molecule has 1 aromatic heterocycles. The van der Waals surface area contributed by atoms with E-state index >= 15 is 0 Å². The second-order valence-corrected chi connectivity index (χ2v) is 8.15. The number of amides is 1. The highest BCUT2D eigenvalue weighted by molar-refractivity contribution is 7.13. The molecule has 0 saturated carbocycles. The summed E-state index contributed by atoms with van der Waals surface area (Å²) in [5.41, 5.74) is 4.61. The van der Waals surface area contributed by atoms with E-state index in [0.717, 1.165) is 54.7 Å². The fraction of sp³-hybridized carbons (Fsp3) is 0.304. The van der Waals surface area contributed by atoms with Gasteiger partial charge >= 0.3 is 0 Å². The highest BCUT2D eigenvalue weighted by Gasteiger charge is 2.20. The minimum absolute atomic E-state index is 0.167. The van der Waals surface area contributed by atoms with Crippen LogP contribution in [-0.4, -0.2) is 48.5 Å². The first-order valence-electron chi connectivity index (χ1n) is 10.0. The summed E-state index contributed by atoms with van der Waals surface area (Å²) in [5.74, 6) is -0.167. The Hall–Kier alpha value is -2.70. The monoisotopic (exact) mass is 406 g/mol. The molecular weight excluding hydrogens is 380 g/mol. The van der Waals surface area contributed by atoms with Gasteiger partial charge in [-0.25, -0.2) is 4.98 Å². The summed E-state index contributed by atoms with van der Waals surface area (Å²) in [4.78, 5) is 22.2. The molecule has 1 aliphatic heterocycles. The van der Waals surface area contributed by atoms with E-state index in [-0.39, 0.29) is 5.91 Å². The summed E-state index contributed by atoms with van der Waals surface area (Å²) >= 11 is 1.49. The molecular formula is C23H26N4OS. The van der Waals surface area contributed by atoms with E-state index in [1.54, 1.807) is 0 Å².